The average Bonchev–Trinajstić information content (AvgIpc) is 3.03. The summed E-state index contributed by atoms with van der Waals surface area (Å²) >= 11 is 0. The van der Waals surface area contributed by atoms with Crippen molar-refractivity contribution in [1.29, 1.82) is 0 Å². The minimum atomic E-state index is -0.00115. The Morgan fingerprint density at radius 3 is 2.52 bits per heavy atom. The molecule has 1 N–H and O–H groups in total. The summed E-state index contributed by atoms with van der Waals surface area (Å²) in [6.07, 6.45) is 0.0128. The lowest BCUT2D eigenvalue weighted by atomic mass is 9.82. The molecule has 1 saturated heterocycles. The van der Waals surface area contributed by atoms with Gasteiger partial charge < -0.3 is 14.8 Å². The molecule has 4 rings (SSSR count). The number of rotatable bonds is 1. The van der Waals surface area contributed by atoms with E-state index in [-0.39, 0.29) is 23.7 Å². The lowest BCUT2D eigenvalue weighted by Crippen LogP contribution is -2.34. The Labute approximate surface area is 137 Å². The second-order valence-corrected chi connectivity index (χ2v) is 7.42. The van der Waals surface area contributed by atoms with Crippen LogP contribution in [0.4, 0.5) is 5.69 Å². The van der Waals surface area contributed by atoms with E-state index in [0.29, 0.717) is 6.79 Å². The maximum atomic E-state index is 5.94. The Hall–Kier alpha value is -1.84. The van der Waals surface area contributed by atoms with Crippen LogP contribution in [0.15, 0.2) is 48.5 Å². The molecule has 0 saturated carbocycles. The smallest absolute Gasteiger partial charge is 0.148 e. The van der Waals surface area contributed by atoms with Gasteiger partial charge in [-0.25, -0.2) is 0 Å². The van der Waals surface area contributed by atoms with Crippen molar-refractivity contribution in [2.24, 2.45) is 0 Å². The van der Waals surface area contributed by atoms with Gasteiger partial charge in [-0.1, -0.05) is 63.2 Å². The van der Waals surface area contributed by atoms with Crippen molar-refractivity contribution in [3.05, 3.63) is 65.2 Å². The fourth-order valence-electron chi connectivity index (χ4n) is 3.49. The first-order valence-corrected chi connectivity index (χ1v) is 8.23. The SMILES string of the molecule is CC(C)(C)c1ccc2c(c1)C1OCOC1C(c1ccccc1)N2. The first-order chi connectivity index (χ1) is 11.0. The Bertz CT molecular complexity index is 705. The largest absolute Gasteiger partial charge is 0.375 e. The van der Waals surface area contributed by atoms with Crippen molar-refractivity contribution in [2.75, 3.05) is 12.1 Å². The summed E-state index contributed by atoms with van der Waals surface area (Å²) < 4.78 is 11.9. The quantitative estimate of drug-likeness (QED) is 0.837. The Kier molecular flexibility index (Phi) is 3.43. The van der Waals surface area contributed by atoms with Crippen LogP contribution < -0.4 is 5.32 Å². The maximum absolute atomic E-state index is 5.94. The van der Waals surface area contributed by atoms with E-state index in [1.165, 1.54) is 16.7 Å². The number of anilines is 1. The molecule has 2 aromatic rings. The van der Waals surface area contributed by atoms with Crippen molar-refractivity contribution in [2.45, 2.75) is 44.4 Å². The molecule has 3 heteroatoms. The summed E-state index contributed by atoms with van der Waals surface area (Å²) in [6.45, 7) is 7.07. The fraction of sp³-hybridized carbons (Fsp3) is 0.400. The van der Waals surface area contributed by atoms with Gasteiger partial charge in [-0.15, -0.1) is 0 Å². The number of fused-ring (bicyclic) bond motifs is 3. The molecule has 3 atom stereocenters. The molecule has 1 fully saturated rings. The van der Waals surface area contributed by atoms with E-state index in [0.717, 1.165) is 5.69 Å². The molecule has 0 aromatic heterocycles. The third-order valence-corrected chi connectivity index (χ3v) is 4.83. The van der Waals surface area contributed by atoms with Gasteiger partial charge in [-0.2, -0.15) is 0 Å². The molecular formula is C20H23NO2. The van der Waals surface area contributed by atoms with Crippen LogP contribution in [0.3, 0.4) is 0 Å². The highest BCUT2D eigenvalue weighted by molar-refractivity contribution is 5.59. The van der Waals surface area contributed by atoms with E-state index in [1.807, 2.05) is 6.07 Å². The first kappa shape index (κ1) is 14.7. The van der Waals surface area contributed by atoms with E-state index in [1.54, 1.807) is 0 Å². The maximum Gasteiger partial charge on any atom is 0.148 e. The van der Waals surface area contributed by atoms with E-state index in [9.17, 15) is 0 Å². The van der Waals surface area contributed by atoms with Crippen LogP contribution in [0.5, 0.6) is 0 Å². The van der Waals surface area contributed by atoms with Crippen LogP contribution in [0, 0.1) is 0 Å². The van der Waals surface area contributed by atoms with Gasteiger partial charge in [0.2, 0.25) is 0 Å². The Balaban J connectivity index is 1.77. The van der Waals surface area contributed by atoms with Crippen molar-refractivity contribution < 1.29 is 9.47 Å². The molecule has 0 bridgehead atoms. The second kappa shape index (κ2) is 5.36. The highest BCUT2D eigenvalue weighted by Gasteiger charge is 2.43. The van der Waals surface area contributed by atoms with Gasteiger partial charge in [-0.3, -0.25) is 0 Å². The topological polar surface area (TPSA) is 30.5 Å². The lowest BCUT2D eigenvalue weighted by Gasteiger charge is -2.36. The number of hydrogen-bond acceptors (Lipinski definition) is 3. The molecular weight excluding hydrogens is 286 g/mol. The van der Waals surface area contributed by atoms with Gasteiger partial charge in [0.1, 0.15) is 19.0 Å². The third kappa shape index (κ3) is 2.54. The van der Waals surface area contributed by atoms with Crippen molar-refractivity contribution >= 4 is 5.69 Å². The first-order valence-electron chi connectivity index (χ1n) is 8.23. The Morgan fingerprint density at radius 2 is 1.78 bits per heavy atom. The Morgan fingerprint density at radius 1 is 1.00 bits per heavy atom. The molecule has 0 radical (unpaired) electrons. The minimum Gasteiger partial charge on any atom is -0.375 e. The second-order valence-electron chi connectivity index (χ2n) is 7.42. The van der Waals surface area contributed by atoms with E-state index in [4.69, 9.17) is 9.47 Å². The normalized spacial score (nSPS) is 26.3. The van der Waals surface area contributed by atoms with Crippen molar-refractivity contribution in [1.82, 2.24) is 0 Å². The number of benzene rings is 2. The van der Waals surface area contributed by atoms with Crippen LogP contribution in [0.25, 0.3) is 0 Å². The average molecular weight is 309 g/mol. The van der Waals surface area contributed by atoms with Gasteiger partial charge in [0, 0.05) is 11.3 Å². The fourth-order valence-corrected chi connectivity index (χ4v) is 3.49. The number of ether oxygens (including phenoxy) is 2. The molecule has 2 aliphatic heterocycles. The van der Waals surface area contributed by atoms with Crippen molar-refractivity contribution in [3.63, 3.8) is 0 Å². The molecule has 120 valence electrons. The summed E-state index contributed by atoms with van der Waals surface area (Å²) in [6, 6.07) is 17.3. The third-order valence-electron chi connectivity index (χ3n) is 4.83. The van der Waals surface area contributed by atoms with Gasteiger partial charge in [0.15, 0.2) is 0 Å². The number of nitrogens with one attached hydrogen (secondary N) is 1. The summed E-state index contributed by atoms with van der Waals surface area (Å²) in [7, 11) is 0. The summed E-state index contributed by atoms with van der Waals surface area (Å²) in [5.74, 6) is 0. The van der Waals surface area contributed by atoms with Gasteiger partial charge in [-0.05, 0) is 22.6 Å². The van der Waals surface area contributed by atoms with Crippen molar-refractivity contribution in [3.8, 4) is 0 Å². The van der Waals surface area contributed by atoms with E-state index < -0.39 is 0 Å². The van der Waals surface area contributed by atoms with E-state index in [2.05, 4.69) is 68.6 Å². The lowest BCUT2D eigenvalue weighted by molar-refractivity contribution is 0.0367. The monoisotopic (exact) mass is 309 g/mol. The molecule has 2 heterocycles. The molecule has 2 aromatic carbocycles. The predicted molar refractivity (Wildman–Crippen MR) is 91.5 cm³/mol. The minimum absolute atomic E-state index is 0.00115. The predicted octanol–water partition coefficient (Wildman–Crippen LogP) is 4.56. The molecule has 3 nitrogen and oxygen atoms in total. The summed E-state index contributed by atoms with van der Waals surface area (Å²) in [5.41, 5.74) is 5.05. The van der Waals surface area contributed by atoms with E-state index >= 15 is 0 Å². The zero-order valence-electron chi connectivity index (χ0n) is 13.9. The highest BCUT2D eigenvalue weighted by atomic mass is 16.7. The molecule has 23 heavy (non-hydrogen) atoms. The highest BCUT2D eigenvalue weighted by Crippen LogP contribution is 2.46. The van der Waals surface area contributed by atoms with Crippen LogP contribution in [-0.4, -0.2) is 12.9 Å². The van der Waals surface area contributed by atoms with Gasteiger partial charge >= 0.3 is 0 Å². The zero-order chi connectivity index (χ0) is 16.0. The van der Waals surface area contributed by atoms with Gasteiger partial charge in [0.05, 0.1) is 6.04 Å². The molecule has 2 aliphatic rings. The summed E-state index contributed by atoms with van der Waals surface area (Å²) in [4.78, 5) is 0. The van der Waals surface area contributed by atoms with Crippen LogP contribution in [0.1, 0.15) is 49.6 Å². The molecule has 3 unspecified atom stereocenters. The zero-order valence-corrected chi connectivity index (χ0v) is 13.9. The molecule has 0 amide bonds. The summed E-state index contributed by atoms with van der Waals surface area (Å²) in [5, 5.41) is 3.66. The van der Waals surface area contributed by atoms with Crippen LogP contribution in [-0.2, 0) is 14.9 Å². The van der Waals surface area contributed by atoms with Crippen LogP contribution in [0.2, 0.25) is 0 Å². The molecule has 0 spiro atoms. The molecule has 0 aliphatic carbocycles. The standard InChI is InChI=1S/C20H23NO2/c1-20(2,3)14-9-10-16-15(11-14)18-19(23-12-22-18)17(21-16)13-7-5-4-6-8-13/h4-11,17-19,21H,12H2,1-3H3. The number of hydrogen-bond donors (Lipinski definition) is 1. The van der Waals surface area contributed by atoms with Crippen LogP contribution >= 0.6 is 0 Å². The van der Waals surface area contributed by atoms with Gasteiger partial charge in [0.25, 0.3) is 0 Å².